The van der Waals surface area contributed by atoms with Crippen LogP contribution in [0.2, 0.25) is 0 Å². The molecule has 2 saturated heterocycles. The van der Waals surface area contributed by atoms with Crippen molar-refractivity contribution in [2.45, 2.75) is 358 Å². The number of allylic oxidation sites excluding steroid dienone is 2. The van der Waals surface area contributed by atoms with Crippen LogP contribution in [0, 0.1) is 0 Å². The molecule has 0 spiro atoms. The van der Waals surface area contributed by atoms with Crippen LogP contribution in [-0.2, 0) is 61.1 Å². The van der Waals surface area contributed by atoms with Gasteiger partial charge in [-0.05, 0) is 57.8 Å². The molecule has 0 bridgehead atoms. The molecule has 0 radical (unpaired) electrons. The summed E-state index contributed by atoms with van der Waals surface area (Å²) in [6.45, 7) is 8.58. The number of hydrogen-bond acceptors (Lipinski definition) is 14. The Kier molecular flexibility index (Phi) is 52.2. The lowest BCUT2D eigenvalue weighted by molar-refractivity contribution is -0.330. The fourth-order valence-corrected chi connectivity index (χ4v) is 12.8. The smallest absolute Gasteiger partial charge is 0.387 e. The van der Waals surface area contributed by atoms with Gasteiger partial charge >= 0.3 is 15.4 Å². The highest BCUT2D eigenvalue weighted by Crippen LogP contribution is 2.43. The molecule has 2 fully saturated rings. The Morgan fingerprint density at radius 3 is 1.42 bits per heavy atom. The molecule has 21 heteroatoms. The van der Waals surface area contributed by atoms with Crippen LogP contribution in [0.15, 0.2) is 12.2 Å². The maximum Gasteiger partial charge on any atom is 0.470 e. The zero-order valence-electron chi connectivity index (χ0n) is 56.9. The number of carbonyl (C=O) groups is 1. The number of hydrogen-bond donors (Lipinski definition) is 6. The second-order valence-electron chi connectivity index (χ2n) is 25.3. The van der Waals surface area contributed by atoms with Gasteiger partial charge in [-0.1, -0.05) is 239 Å². The fourth-order valence-electron chi connectivity index (χ4n) is 11.9. The van der Waals surface area contributed by atoms with E-state index in [0.717, 1.165) is 141 Å². The molecular formula is C68H133NO18P2. The van der Waals surface area contributed by atoms with Crippen molar-refractivity contribution in [2.75, 3.05) is 60.0 Å². The highest BCUT2D eigenvalue weighted by molar-refractivity contribution is 7.51. The molecule has 0 saturated carbocycles. The molecule has 0 aromatic rings. The van der Waals surface area contributed by atoms with E-state index in [1.807, 2.05) is 0 Å². The van der Waals surface area contributed by atoms with Crippen molar-refractivity contribution in [2.24, 2.45) is 0 Å². The van der Waals surface area contributed by atoms with E-state index < -0.39 is 82.9 Å². The van der Waals surface area contributed by atoms with E-state index in [0.29, 0.717) is 26.1 Å². The van der Waals surface area contributed by atoms with Crippen LogP contribution in [0.1, 0.15) is 291 Å². The topological polar surface area (TPSA) is 257 Å². The van der Waals surface area contributed by atoms with E-state index in [2.05, 4.69) is 45.2 Å². The molecule has 0 aromatic carbocycles. The van der Waals surface area contributed by atoms with Gasteiger partial charge in [-0.25, -0.2) is 4.57 Å². The third-order valence-electron chi connectivity index (χ3n) is 17.3. The number of methoxy groups -OCH3 is 2. The van der Waals surface area contributed by atoms with Gasteiger partial charge in [0, 0.05) is 40.5 Å². The van der Waals surface area contributed by atoms with E-state index in [-0.39, 0.29) is 44.9 Å². The van der Waals surface area contributed by atoms with Crippen LogP contribution in [0.3, 0.4) is 0 Å². The first-order chi connectivity index (χ1) is 43.1. The molecule has 2 heterocycles. The summed E-state index contributed by atoms with van der Waals surface area (Å²) < 4.78 is 87.4. The van der Waals surface area contributed by atoms with Gasteiger partial charge < -0.3 is 72.6 Å². The third-order valence-corrected chi connectivity index (χ3v) is 18.6. The van der Waals surface area contributed by atoms with Crippen molar-refractivity contribution in [3.63, 3.8) is 0 Å². The molecule has 0 unspecified atom stereocenters. The molecule has 0 aromatic heterocycles. The Labute approximate surface area is 540 Å². The molecule has 2 aliphatic heterocycles. The van der Waals surface area contributed by atoms with E-state index in [9.17, 15) is 38.6 Å². The lowest BCUT2D eigenvalue weighted by Gasteiger charge is -2.47. The number of phosphoric acid groups is 1. The number of rotatable bonds is 62. The van der Waals surface area contributed by atoms with Crippen molar-refractivity contribution in [1.29, 1.82) is 0 Å². The fraction of sp³-hybridized carbons (Fsp3) is 0.956. The quantitative estimate of drug-likeness (QED) is 0.0188. The van der Waals surface area contributed by atoms with Crippen LogP contribution in [0.4, 0.5) is 0 Å². The predicted octanol–water partition coefficient (Wildman–Crippen LogP) is 15.4. The molecule has 2 rings (SSSR count). The first kappa shape index (κ1) is 84.2. The molecule has 0 aliphatic carbocycles. The van der Waals surface area contributed by atoms with Crippen molar-refractivity contribution < 1.29 is 85.8 Å². The lowest BCUT2D eigenvalue weighted by Crippen LogP contribution is -2.67. The number of aliphatic hydroxyl groups is 1. The lowest BCUT2D eigenvalue weighted by atomic mass is 9.95. The minimum atomic E-state index is -5.21. The van der Waals surface area contributed by atoms with Gasteiger partial charge in [0.25, 0.3) is 0 Å². The first-order valence-corrected chi connectivity index (χ1v) is 39.3. The summed E-state index contributed by atoms with van der Waals surface area (Å²) in [5.74, 6) is -0.348. The van der Waals surface area contributed by atoms with E-state index in [1.54, 1.807) is 7.11 Å². The molecule has 1 amide bonds. The van der Waals surface area contributed by atoms with Crippen LogP contribution < -0.4 is 5.32 Å². The molecule has 19 nitrogen and oxygen atoms in total. The summed E-state index contributed by atoms with van der Waals surface area (Å²) in [7, 11) is -6.63. The Hall–Kier alpha value is -0.930. The van der Waals surface area contributed by atoms with Gasteiger partial charge in [0.05, 0.1) is 32.1 Å². The van der Waals surface area contributed by atoms with Gasteiger partial charge in [-0.15, -0.1) is 0 Å². The SMILES string of the molecule is CCCCCC/C=C\CCCCCCCCCC(=O)N[C@H]1[C@H](OC[C@H]2O[C@H](OCCP(=O)(O)O)[C@H](OCCCCCCCCCCCC)[C@@H](OCCCCCCCCCCCC)[C@@H]2O)O[C@H](COC)[C@@H](OP(=O)(O)O)[C@@H]1OCC[C@@H](CCCCCCC)OC. The van der Waals surface area contributed by atoms with Crippen LogP contribution in [-0.4, -0.2) is 158 Å². The zero-order valence-corrected chi connectivity index (χ0v) is 58.7. The number of aliphatic hydroxyl groups excluding tert-OH is 1. The highest BCUT2D eigenvalue weighted by atomic mass is 31.2. The summed E-state index contributed by atoms with van der Waals surface area (Å²) in [4.78, 5) is 54.7. The molecule has 528 valence electrons. The third kappa shape index (κ3) is 43.0. The maximum atomic E-state index is 14.2. The highest BCUT2D eigenvalue weighted by Gasteiger charge is 2.53. The van der Waals surface area contributed by atoms with E-state index in [1.165, 1.54) is 110 Å². The van der Waals surface area contributed by atoms with Gasteiger partial charge in [0.2, 0.25) is 5.91 Å². The summed E-state index contributed by atoms with van der Waals surface area (Å²) in [6.07, 6.45) is 36.5. The number of phosphoric ester groups is 1. The number of nitrogens with one attached hydrogen (secondary N) is 1. The average molecular weight is 1310 g/mol. The Morgan fingerprint density at radius 2 is 0.921 bits per heavy atom. The second kappa shape index (κ2) is 55.2. The Bertz CT molecular complexity index is 1760. The van der Waals surface area contributed by atoms with Gasteiger partial charge in [0.1, 0.15) is 48.8 Å². The minimum Gasteiger partial charge on any atom is -0.387 e. The van der Waals surface area contributed by atoms with Crippen LogP contribution >= 0.6 is 15.4 Å². The Morgan fingerprint density at radius 1 is 0.472 bits per heavy atom. The summed E-state index contributed by atoms with van der Waals surface area (Å²) in [5.41, 5.74) is 0. The van der Waals surface area contributed by atoms with E-state index in [4.69, 9.17) is 47.2 Å². The number of unbranched alkanes of at least 4 members (excludes halogenated alkanes) is 33. The average Bonchev–Trinajstić information content (AvgIpc) is 1.01. The standard InChI is InChI=1S/C68H133NO18P2/c1-7-11-15-19-22-25-28-29-30-31-32-33-36-40-44-48-60(70)69-61-64(82-52-49-57(79-6)47-43-39-18-14-10-4)63(87-89(75,76)77)59(55-78-5)86-67(61)84-56-58-62(71)65(80-50-45-41-37-34-26-23-20-16-12-8-2)66(68(85-58)83-53-54-88(72,73)74)81-51-46-42-38-35-27-24-21-17-13-9-3/h25,28,57-59,61-68,71H,7-24,26-27,29-56H2,1-6H3,(H,69,70)(H2,72,73,74)(H2,75,76,77)/b28-25-/t57-,58-,59-,61-,62-,63-,64-,65+,66-,67-,68+/m1/s1. The molecule has 11 atom stereocenters. The van der Waals surface area contributed by atoms with Crippen LogP contribution in [0.25, 0.3) is 0 Å². The number of ether oxygens (including phenoxy) is 9. The number of amides is 1. The van der Waals surface area contributed by atoms with Gasteiger partial charge in [0.15, 0.2) is 12.6 Å². The largest absolute Gasteiger partial charge is 0.470 e. The molecular weight excluding hydrogens is 1180 g/mol. The summed E-state index contributed by atoms with van der Waals surface area (Å²) in [6, 6.07) is -1.20. The number of carbonyl (C=O) groups excluding carboxylic acids is 1. The summed E-state index contributed by atoms with van der Waals surface area (Å²) in [5, 5.41) is 15.5. The van der Waals surface area contributed by atoms with Crippen molar-refractivity contribution in [3.8, 4) is 0 Å². The van der Waals surface area contributed by atoms with Crippen LogP contribution in [0.5, 0.6) is 0 Å². The Balaban J connectivity index is 2.44. The monoisotopic (exact) mass is 1310 g/mol. The van der Waals surface area contributed by atoms with Gasteiger partial charge in [-0.2, -0.15) is 0 Å². The first-order valence-electron chi connectivity index (χ1n) is 35.9. The van der Waals surface area contributed by atoms with E-state index >= 15 is 0 Å². The second-order valence-corrected chi connectivity index (χ2v) is 28.3. The maximum absolute atomic E-state index is 14.2. The summed E-state index contributed by atoms with van der Waals surface area (Å²) >= 11 is 0. The molecule has 89 heavy (non-hydrogen) atoms. The van der Waals surface area contributed by atoms with Crippen molar-refractivity contribution in [3.05, 3.63) is 12.2 Å². The minimum absolute atomic E-state index is 0.0734. The predicted molar refractivity (Wildman–Crippen MR) is 354 cm³/mol. The molecule has 6 N–H and O–H groups in total. The van der Waals surface area contributed by atoms with Crippen molar-refractivity contribution in [1.82, 2.24) is 5.32 Å². The molecule has 2 aliphatic rings. The zero-order chi connectivity index (χ0) is 65.1. The van der Waals surface area contributed by atoms with Gasteiger partial charge in [-0.3, -0.25) is 13.9 Å². The normalized spacial score (nSPS) is 23.0. The van der Waals surface area contributed by atoms with Crippen molar-refractivity contribution >= 4 is 21.3 Å².